The molecule has 0 bridgehead atoms. The molecule has 1 aliphatic rings. The largest absolute Gasteiger partial charge is 0.345 e. The van der Waals surface area contributed by atoms with Crippen LogP contribution in [-0.4, -0.2) is 41.3 Å². The Kier molecular flexibility index (Phi) is 7.22. The van der Waals surface area contributed by atoms with Gasteiger partial charge in [0, 0.05) is 38.3 Å². The van der Waals surface area contributed by atoms with Gasteiger partial charge in [-0.15, -0.1) is 0 Å². The lowest BCUT2D eigenvalue weighted by atomic mass is 9.87. The second-order valence-corrected chi connectivity index (χ2v) is 6.83. The van der Waals surface area contributed by atoms with Crippen molar-refractivity contribution in [1.82, 2.24) is 15.2 Å². The Bertz CT molecular complexity index is 527. The number of carbonyl (C=O) groups excluding carboxylic acids is 2. The van der Waals surface area contributed by atoms with Gasteiger partial charge in [0.05, 0.1) is 0 Å². The van der Waals surface area contributed by atoms with Gasteiger partial charge in [-0.3, -0.25) is 14.6 Å². The lowest BCUT2D eigenvalue weighted by molar-refractivity contribution is -0.135. The van der Waals surface area contributed by atoms with Crippen LogP contribution in [0.3, 0.4) is 0 Å². The van der Waals surface area contributed by atoms with E-state index >= 15 is 0 Å². The van der Waals surface area contributed by atoms with E-state index in [1.807, 2.05) is 18.2 Å². The van der Waals surface area contributed by atoms with E-state index in [1.54, 1.807) is 25.1 Å². The van der Waals surface area contributed by atoms with Crippen LogP contribution in [0.25, 0.3) is 0 Å². The Morgan fingerprint density at radius 1 is 1.29 bits per heavy atom. The van der Waals surface area contributed by atoms with Crippen LogP contribution >= 0.6 is 0 Å². The molecule has 5 heteroatoms. The maximum Gasteiger partial charge on any atom is 0.244 e. The maximum absolute atomic E-state index is 12.4. The zero-order valence-electron chi connectivity index (χ0n) is 14.8. The Balaban J connectivity index is 1.72. The number of aromatic nitrogens is 1. The summed E-state index contributed by atoms with van der Waals surface area (Å²) in [6.07, 6.45) is 9.03. The van der Waals surface area contributed by atoms with Gasteiger partial charge in [0.15, 0.2) is 0 Å². The molecule has 1 fully saturated rings. The van der Waals surface area contributed by atoms with Crippen molar-refractivity contribution >= 4 is 11.8 Å². The van der Waals surface area contributed by atoms with Gasteiger partial charge in [-0.25, -0.2) is 0 Å². The van der Waals surface area contributed by atoms with Crippen molar-refractivity contribution in [2.45, 2.75) is 57.9 Å². The molecule has 132 valence electrons. The molecule has 1 aromatic rings. The second-order valence-electron chi connectivity index (χ2n) is 6.83. The first-order valence-electron chi connectivity index (χ1n) is 9.00. The molecule has 0 radical (unpaired) electrons. The minimum Gasteiger partial charge on any atom is -0.345 e. The van der Waals surface area contributed by atoms with E-state index in [4.69, 9.17) is 0 Å². The van der Waals surface area contributed by atoms with E-state index in [9.17, 15) is 9.59 Å². The summed E-state index contributed by atoms with van der Waals surface area (Å²) in [5.41, 5.74) is 0.964. The predicted molar refractivity (Wildman–Crippen MR) is 94.4 cm³/mol. The molecule has 0 aliphatic heterocycles. The molecule has 0 saturated heterocycles. The van der Waals surface area contributed by atoms with Crippen molar-refractivity contribution in [2.75, 3.05) is 13.6 Å². The molecule has 2 rings (SSSR count). The van der Waals surface area contributed by atoms with Crippen molar-refractivity contribution in [3.63, 3.8) is 0 Å². The fourth-order valence-corrected chi connectivity index (χ4v) is 3.28. The van der Waals surface area contributed by atoms with Gasteiger partial charge >= 0.3 is 0 Å². The first-order chi connectivity index (χ1) is 11.6. The van der Waals surface area contributed by atoms with Gasteiger partial charge < -0.3 is 10.2 Å². The SMILES string of the molecule is CC(NC(=O)CC1CCCCC1)C(=O)N(C)CCc1ccccn1. The number of nitrogens with zero attached hydrogens (tertiary/aromatic N) is 2. The lowest BCUT2D eigenvalue weighted by Gasteiger charge is -2.24. The standard InChI is InChI=1S/C19H29N3O2/c1-15(21-18(23)14-16-8-4-3-5-9-16)19(24)22(2)13-11-17-10-6-7-12-20-17/h6-7,10,12,15-16H,3-5,8-9,11,13-14H2,1-2H3,(H,21,23). The Morgan fingerprint density at radius 3 is 2.71 bits per heavy atom. The third-order valence-corrected chi connectivity index (χ3v) is 4.75. The molecule has 2 amide bonds. The summed E-state index contributed by atoms with van der Waals surface area (Å²) >= 11 is 0. The summed E-state index contributed by atoms with van der Waals surface area (Å²) in [5, 5.41) is 2.86. The lowest BCUT2D eigenvalue weighted by Crippen LogP contribution is -2.46. The molecule has 5 nitrogen and oxygen atoms in total. The van der Waals surface area contributed by atoms with Crippen LogP contribution in [0.15, 0.2) is 24.4 Å². The van der Waals surface area contributed by atoms with Crippen LogP contribution in [0.2, 0.25) is 0 Å². The van der Waals surface area contributed by atoms with Crippen molar-refractivity contribution in [1.29, 1.82) is 0 Å². The fourth-order valence-electron chi connectivity index (χ4n) is 3.28. The smallest absolute Gasteiger partial charge is 0.244 e. The van der Waals surface area contributed by atoms with E-state index < -0.39 is 6.04 Å². The Labute approximate surface area is 144 Å². The molecule has 1 N–H and O–H groups in total. The molecule has 1 saturated carbocycles. The monoisotopic (exact) mass is 331 g/mol. The molecule has 0 aromatic carbocycles. The summed E-state index contributed by atoms with van der Waals surface area (Å²) in [5.74, 6) is 0.437. The zero-order valence-corrected chi connectivity index (χ0v) is 14.8. The van der Waals surface area contributed by atoms with E-state index in [-0.39, 0.29) is 11.8 Å². The summed E-state index contributed by atoms with van der Waals surface area (Å²) in [4.78, 5) is 30.4. The number of nitrogens with one attached hydrogen (secondary N) is 1. The van der Waals surface area contributed by atoms with E-state index in [0.29, 0.717) is 25.3 Å². The summed E-state index contributed by atoms with van der Waals surface area (Å²) in [6, 6.07) is 5.30. The third kappa shape index (κ3) is 5.95. The predicted octanol–water partition coefficient (Wildman–Crippen LogP) is 2.56. The van der Waals surface area contributed by atoms with E-state index in [0.717, 1.165) is 18.5 Å². The van der Waals surface area contributed by atoms with Crippen molar-refractivity contribution < 1.29 is 9.59 Å². The highest BCUT2D eigenvalue weighted by atomic mass is 16.2. The quantitative estimate of drug-likeness (QED) is 0.835. The van der Waals surface area contributed by atoms with Crippen LogP contribution < -0.4 is 5.32 Å². The van der Waals surface area contributed by atoms with E-state index in [1.165, 1.54) is 19.3 Å². The van der Waals surface area contributed by atoms with Gasteiger partial charge in [-0.2, -0.15) is 0 Å². The van der Waals surface area contributed by atoms with Crippen LogP contribution in [0.4, 0.5) is 0 Å². The van der Waals surface area contributed by atoms with E-state index in [2.05, 4.69) is 10.3 Å². The topological polar surface area (TPSA) is 62.3 Å². The number of likely N-dealkylation sites (N-methyl/N-ethyl adjacent to an activating group) is 1. The minimum absolute atomic E-state index is 0.000811. The number of hydrogen-bond donors (Lipinski definition) is 1. The van der Waals surface area contributed by atoms with Gasteiger partial charge in [0.1, 0.15) is 6.04 Å². The number of amides is 2. The average Bonchev–Trinajstić information content (AvgIpc) is 2.60. The fraction of sp³-hybridized carbons (Fsp3) is 0.632. The molecular formula is C19H29N3O2. The van der Waals surface area contributed by atoms with Crippen LogP contribution in [0.1, 0.15) is 51.1 Å². The van der Waals surface area contributed by atoms with Crippen LogP contribution in [0, 0.1) is 5.92 Å². The summed E-state index contributed by atoms with van der Waals surface area (Å²) < 4.78 is 0. The van der Waals surface area contributed by atoms with Gasteiger partial charge in [0.2, 0.25) is 11.8 Å². The van der Waals surface area contributed by atoms with Crippen LogP contribution in [0.5, 0.6) is 0 Å². The van der Waals surface area contributed by atoms with Gasteiger partial charge in [-0.05, 0) is 37.8 Å². The number of rotatable bonds is 7. The van der Waals surface area contributed by atoms with Crippen molar-refractivity contribution in [3.05, 3.63) is 30.1 Å². The Hall–Kier alpha value is -1.91. The number of carbonyl (C=O) groups is 2. The molecular weight excluding hydrogens is 302 g/mol. The molecule has 1 unspecified atom stereocenters. The molecule has 24 heavy (non-hydrogen) atoms. The second kappa shape index (κ2) is 9.40. The highest BCUT2D eigenvalue weighted by Crippen LogP contribution is 2.26. The van der Waals surface area contributed by atoms with Crippen molar-refractivity contribution in [3.8, 4) is 0 Å². The number of pyridine rings is 1. The molecule has 1 aromatic heterocycles. The third-order valence-electron chi connectivity index (χ3n) is 4.75. The highest BCUT2D eigenvalue weighted by molar-refractivity contribution is 5.87. The molecule has 1 aliphatic carbocycles. The summed E-state index contributed by atoms with van der Waals surface area (Å²) in [6.45, 7) is 2.36. The summed E-state index contributed by atoms with van der Waals surface area (Å²) in [7, 11) is 1.77. The van der Waals surface area contributed by atoms with Gasteiger partial charge in [0.25, 0.3) is 0 Å². The zero-order chi connectivity index (χ0) is 17.4. The first kappa shape index (κ1) is 18.4. The van der Waals surface area contributed by atoms with Crippen LogP contribution in [-0.2, 0) is 16.0 Å². The van der Waals surface area contributed by atoms with Crippen molar-refractivity contribution in [2.24, 2.45) is 5.92 Å². The maximum atomic E-state index is 12.4. The molecule has 0 spiro atoms. The van der Waals surface area contributed by atoms with Gasteiger partial charge in [-0.1, -0.05) is 25.3 Å². The first-order valence-corrected chi connectivity index (χ1v) is 9.00. The highest BCUT2D eigenvalue weighted by Gasteiger charge is 2.22. The average molecular weight is 331 g/mol. The molecule has 1 atom stereocenters. The molecule has 1 heterocycles. The number of hydrogen-bond acceptors (Lipinski definition) is 3. The Morgan fingerprint density at radius 2 is 2.04 bits per heavy atom. The normalized spacial score (nSPS) is 16.4. The minimum atomic E-state index is -0.477.